The second kappa shape index (κ2) is 9.03. The maximum Gasteiger partial charge on any atom is 0.319 e. The van der Waals surface area contributed by atoms with Crippen LogP contribution in [0.15, 0.2) is 24.3 Å². The van der Waals surface area contributed by atoms with E-state index in [0.717, 1.165) is 12.8 Å². The van der Waals surface area contributed by atoms with E-state index in [-0.39, 0.29) is 17.7 Å². The molecule has 1 aromatic carbocycles. The van der Waals surface area contributed by atoms with Crippen molar-refractivity contribution in [3.05, 3.63) is 30.1 Å². The maximum atomic E-state index is 13.2. The van der Waals surface area contributed by atoms with Crippen LogP contribution in [0.25, 0.3) is 0 Å². The second-order valence-electron chi connectivity index (χ2n) is 7.68. The SMILES string of the molecule is O=C(NCC1CCCN(C(=O)[C@H]2CC[C@@H](C(=O)O)C2)C1)Nc1cccc(F)c1. The van der Waals surface area contributed by atoms with Gasteiger partial charge in [-0.3, -0.25) is 9.59 Å². The Morgan fingerprint density at radius 3 is 2.68 bits per heavy atom. The van der Waals surface area contributed by atoms with Gasteiger partial charge in [-0.05, 0) is 56.2 Å². The van der Waals surface area contributed by atoms with Gasteiger partial charge in [0.25, 0.3) is 0 Å². The molecule has 1 aliphatic heterocycles. The lowest BCUT2D eigenvalue weighted by Crippen LogP contribution is -2.46. The van der Waals surface area contributed by atoms with Crippen LogP contribution in [0.3, 0.4) is 0 Å². The van der Waals surface area contributed by atoms with Crippen molar-refractivity contribution in [1.29, 1.82) is 0 Å². The Hall–Kier alpha value is -2.64. The summed E-state index contributed by atoms with van der Waals surface area (Å²) in [5.41, 5.74) is 0.382. The monoisotopic (exact) mass is 391 g/mol. The van der Waals surface area contributed by atoms with Crippen LogP contribution < -0.4 is 10.6 Å². The highest BCUT2D eigenvalue weighted by atomic mass is 19.1. The average molecular weight is 391 g/mol. The largest absolute Gasteiger partial charge is 0.481 e. The molecule has 2 aliphatic rings. The number of urea groups is 1. The minimum Gasteiger partial charge on any atom is -0.481 e. The van der Waals surface area contributed by atoms with Crippen molar-refractivity contribution in [3.8, 4) is 0 Å². The number of aliphatic carboxylic acids is 1. The fourth-order valence-corrected chi connectivity index (χ4v) is 4.10. The number of carbonyl (C=O) groups is 3. The van der Waals surface area contributed by atoms with Gasteiger partial charge in [0.1, 0.15) is 5.82 Å². The standard InChI is InChI=1S/C20H26FN3O4/c21-16-4-1-5-17(10-16)23-20(28)22-11-13-3-2-8-24(12-13)18(25)14-6-7-15(9-14)19(26)27/h1,4-5,10,13-15H,2-3,6-9,11-12H2,(H,26,27)(H2,22,23,28)/t13?,14-,15+/m0/s1. The Morgan fingerprint density at radius 2 is 1.96 bits per heavy atom. The number of carbonyl (C=O) groups excluding carboxylic acids is 2. The van der Waals surface area contributed by atoms with Crippen LogP contribution in [0.2, 0.25) is 0 Å². The van der Waals surface area contributed by atoms with Crippen LogP contribution in [0.1, 0.15) is 32.1 Å². The van der Waals surface area contributed by atoms with Gasteiger partial charge in [0, 0.05) is 31.2 Å². The van der Waals surface area contributed by atoms with Crippen LogP contribution in [0.5, 0.6) is 0 Å². The number of piperidine rings is 1. The van der Waals surface area contributed by atoms with Crippen molar-refractivity contribution in [2.24, 2.45) is 17.8 Å². The van der Waals surface area contributed by atoms with Gasteiger partial charge in [0.2, 0.25) is 5.91 Å². The number of hydrogen-bond donors (Lipinski definition) is 3. The number of hydrogen-bond acceptors (Lipinski definition) is 3. The van der Waals surface area contributed by atoms with Gasteiger partial charge < -0.3 is 20.6 Å². The molecule has 2 fully saturated rings. The number of nitrogens with one attached hydrogen (secondary N) is 2. The van der Waals surface area contributed by atoms with Crippen LogP contribution >= 0.6 is 0 Å². The van der Waals surface area contributed by atoms with Crippen LogP contribution in [0.4, 0.5) is 14.9 Å². The molecule has 3 rings (SSSR count). The number of likely N-dealkylation sites (tertiary alicyclic amines) is 1. The van der Waals surface area contributed by atoms with Crippen LogP contribution in [-0.4, -0.2) is 47.5 Å². The van der Waals surface area contributed by atoms with Crippen molar-refractivity contribution in [1.82, 2.24) is 10.2 Å². The number of carboxylic acids is 1. The number of rotatable bonds is 5. The summed E-state index contributed by atoms with van der Waals surface area (Å²) < 4.78 is 13.2. The predicted molar refractivity (Wildman–Crippen MR) is 101 cm³/mol. The molecule has 0 aromatic heterocycles. The van der Waals surface area contributed by atoms with E-state index in [0.29, 0.717) is 44.6 Å². The maximum absolute atomic E-state index is 13.2. The molecular formula is C20H26FN3O4. The Kier molecular flexibility index (Phi) is 6.49. The molecule has 0 bridgehead atoms. The summed E-state index contributed by atoms with van der Waals surface area (Å²) in [6.07, 6.45) is 3.38. The topological polar surface area (TPSA) is 98.7 Å². The van der Waals surface area contributed by atoms with Gasteiger partial charge >= 0.3 is 12.0 Å². The van der Waals surface area contributed by atoms with Crippen molar-refractivity contribution in [3.63, 3.8) is 0 Å². The van der Waals surface area contributed by atoms with Crippen molar-refractivity contribution in [2.75, 3.05) is 25.0 Å². The molecular weight excluding hydrogens is 365 g/mol. The average Bonchev–Trinajstić information content (AvgIpc) is 3.16. The molecule has 7 nitrogen and oxygen atoms in total. The zero-order chi connectivity index (χ0) is 20.1. The molecule has 152 valence electrons. The summed E-state index contributed by atoms with van der Waals surface area (Å²) in [6.45, 7) is 1.67. The number of halogens is 1. The quantitative estimate of drug-likeness (QED) is 0.719. The Labute approximate surface area is 163 Å². The minimum atomic E-state index is -0.819. The zero-order valence-corrected chi connectivity index (χ0v) is 15.7. The first-order valence-corrected chi connectivity index (χ1v) is 9.74. The summed E-state index contributed by atoms with van der Waals surface area (Å²) in [5, 5.41) is 14.5. The van der Waals surface area contributed by atoms with Crippen molar-refractivity contribution in [2.45, 2.75) is 32.1 Å². The molecule has 1 heterocycles. The van der Waals surface area contributed by atoms with Gasteiger partial charge in [-0.2, -0.15) is 0 Å². The molecule has 1 aromatic rings. The summed E-state index contributed by atoms with van der Waals surface area (Å²) in [5.74, 6) is -1.67. The van der Waals surface area contributed by atoms with Crippen LogP contribution in [0, 0.1) is 23.6 Å². The number of amides is 3. The lowest BCUT2D eigenvalue weighted by molar-refractivity contribution is -0.142. The molecule has 0 radical (unpaired) electrons. The molecule has 3 N–H and O–H groups in total. The van der Waals surface area contributed by atoms with Gasteiger partial charge in [-0.15, -0.1) is 0 Å². The van der Waals surface area contributed by atoms with Gasteiger partial charge in [-0.25, -0.2) is 9.18 Å². The lowest BCUT2D eigenvalue weighted by atomic mass is 9.95. The van der Waals surface area contributed by atoms with E-state index in [4.69, 9.17) is 5.11 Å². The first kappa shape index (κ1) is 20.1. The second-order valence-corrected chi connectivity index (χ2v) is 7.68. The van der Waals surface area contributed by atoms with Gasteiger partial charge in [0.05, 0.1) is 5.92 Å². The van der Waals surface area contributed by atoms with E-state index in [1.54, 1.807) is 6.07 Å². The third-order valence-electron chi connectivity index (χ3n) is 5.60. The summed E-state index contributed by atoms with van der Waals surface area (Å²) in [6, 6.07) is 5.27. The lowest BCUT2D eigenvalue weighted by Gasteiger charge is -2.34. The molecule has 0 spiro atoms. The van der Waals surface area contributed by atoms with E-state index in [9.17, 15) is 18.8 Å². The van der Waals surface area contributed by atoms with Gasteiger partial charge in [-0.1, -0.05) is 6.07 Å². The smallest absolute Gasteiger partial charge is 0.319 e. The summed E-state index contributed by atoms with van der Waals surface area (Å²) in [7, 11) is 0. The fraction of sp³-hybridized carbons (Fsp3) is 0.550. The Balaban J connectivity index is 1.45. The van der Waals surface area contributed by atoms with Crippen molar-refractivity contribution < 1.29 is 23.9 Å². The van der Waals surface area contributed by atoms with E-state index < -0.39 is 23.7 Å². The van der Waals surface area contributed by atoms with Gasteiger partial charge in [0.15, 0.2) is 0 Å². The molecule has 28 heavy (non-hydrogen) atoms. The molecule has 1 saturated heterocycles. The van der Waals surface area contributed by atoms with Crippen molar-refractivity contribution >= 4 is 23.6 Å². The molecule has 1 saturated carbocycles. The van der Waals surface area contributed by atoms with Crippen LogP contribution in [-0.2, 0) is 9.59 Å². The number of benzene rings is 1. The summed E-state index contributed by atoms with van der Waals surface area (Å²) in [4.78, 5) is 37.7. The highest BCUT2D eigenvalue weighted by Crippen LogP contribution is 2.33. The third-order valence-corrected chi connectivity index (χ3v) is 5.60. The number of carboxylic acid groups (broad SMARTS) is 1. The molecule has 1 unspecified atom stereocenters. The highest BCUT2D eigenvalue weighted by molar-refractivity contribution is 5.89. The highest BCUT2D eigenvalue weighted by Gasteiger charge is 2.37. The predicted octanol–water partition coefficient (Wildman–Crippen LogP) is 2.69. The minimum absolute atomic E-state index is 0.0395. The molecule has 8 heteroatoms. The zero-order valence-electron chi connectivity index (χ0n) is 15.7. The van der Waals surface area contributed by atoms with E-state index >= 15 is 0 Å². The fourth-order valence-electron chi connectivity index (χ4n) is 4.10. The normalized spacial score (nSPS) is 24.6. The Bertz CT molecular complexity index is 742. The summed E-state index contributed by atoms with van der Waals surface area (Å²) >= 11 is 0. The third kappa shape index (κ3) is 5.21. The molecule has 3 amide bonds. The number of nitrogens with zero attached hydrogens (tertiary/aromatic N) is 1. The number of anilines is 1. The first-order valence-electron chi connectivity index (χ1n) is 9.74. The van der Waals surface area contributed by atoms with E-state index in [1.807, 2.05) is 4.90 Å². The molecule has 1 aliphatic carbocycles. The van der Waals surface area contributed by atoms with E-state index in [1.165, 1.54) is 18.2 Å². The van der Waals surface area contributed by atoms with E-state index in [2.05, 4.69) is 10.6 Å². The first-order chi connectivity index (χ1) is 13.4. The Morgan fingerprint density at radius 1 is 1.18 bits per heavy atom. The molecule has 3 atom stereocenters.